The Balaban J connectivity index is 2.40. The van der Waals surface area contributed by atoms with E-state index in [9.17, 15) is 0 Å². The van der Waals surface area contributed by atoms with Crippen LogP contribution in [0.25, 0.3) is 0 Å². The van der Waals surface area contributed by atoms with Crippen LogP contribution in [0.4, 0.5) is 0 Å². The molecule has 1 rings (SSSR count). The van der Waals surface area contributed by atoms with Crippen molar-refractivity contribution in [1.29, 1.82) is 0 Å². The van der Waals surface area contributed by atoms with E-state index in [0.29, 0.717) is 6.61 Å². The first-order chi connectivity index (χ1) is 6.38. The highest BCUT2D eigenvalue weighted by atomic mass is 16.5. The predicted molar refractivity (Wildman–Crippen MR) is 51.4 cm³/mol. The normalized spacial score (nSPS) is 10.6. The van der Waals surface area contributed by atoms with Crippen molar-refractivity contribution in [2.24, 2.45) is 0 Å². The molecular formula is C10H17NO2. The molecule has 0 saturated heterocycles. The van der Waals surface area contributed by atoms with Gasteiger partial charge < -0.3 is 14.5 Å². The number of methoxy groups -OCH3 is 1. The molecule has 0 amide bonds. The van der Waals surface area contributed by atoms with Crippen LogP contribution in [0, 0.1) is 0 Å². The Labute approximate surface area is 79.1 Å². The van der Waals surface area contributed by atoms with Crippen molar-refractivity contribution in [3.63, 3.8) is 0 Å². The summed E-state index contributed by atoms with van der Waals surface area (Å²) in [6, 6.07) is 1.95. The molecule has 0 bridgehead atoms. The minimum absolute atomic E-state index is 0.625. The van der Waals surface area contributed by atoms with Gasteiger partial charge in [0.1, 0.15) is 5.76 Å². The Kier molecular flexibility index (Phi) is 4.57. The molecule has 74 valence electrons. The fraction of sp³-hybridized carbons (Fsp3) is 0.600. The molecule has 0 spiro atoms. The lowest BCUT2D eigenvalue weighted by molar-refractivity contribution is 0.182. The molecule has 0 saturated carbocycles. The molecule has 0 aliphatic heterocycles. The Hall–Kier alpha value is -0.800. The van der Waals surface area contributed by atoms with Gasteiger partial charge in [0, 0.05) is 12.7 Å². The van der Waals surface area contributed by atoms with E-state index in [1.807, 2.05) is 6.07 Å². The molecule has 0 unspecified atom stereocenters. The molecule has 0 aliphatic carbocycles. The largest absolute Gasteiger partial charge is 0.468 e. The van der Waals surface area contributed by atoms with Crippen molar-refractivity contribution in [2.75, 3.05) is 13.7 Å². The van der Waals surface area contributed by atoms with Gasteiger partial charge in [-0.3, -0.25) is 0 Å². The van der Waals surface area contributed by atoms with Crippen LogP contribution in [0.1, 0.15) is 24.7 Å². The summed E-state index contributed by atoms with van der Waals surface area (Å²) in [6.45, 7) is 4.58. The van der Waals surface area contributed by atoms with Crippen molar-refractivity contribution in [3.05, 3.63) is 23.7 Å². The zero-order chi connectivity index (χ0) is 9.52. The van der Waals surface area contributed by atoms with Crippen molar-refractivity contribution in [2.45, 2.75) is 26.5 Å². The molecule has 1 heterocycles. The fourth-order valence-corrected chi connectivity index (χ4v) is 1.18. The second kappa shape index (κ2) is 5.78. The summed E-state index contributed by atoms with van der Waals surface area (Å²) in [4.78, 5) is 0. The topological polar surface area (TPSA) is 34.4 Å². The average Bonchev–Trinajstić information content (AvgIpc) is 2.54. The van der Waals surface area contributed by atoms with Gasteiger partial charge in [0.2, 0.25) is 0 Å². The molecule has 13 heavy (non-hydrogen) atoms. The summed E-state index contributed by atoms with van der Waals surface area (Å²) in [7, 11) is 1.69. The minimum atomic E-state index is 0.625. The van der Waals surface area contributed by atoms with Crippen LogP contribution >= 0.6 is 0 Å². The summed E-state index contributed by atoms with van der Waals surface area (Å²) >= 11 is 0. The third kappa shape index (κ3) is 3.20. The summed E-state index contributed by atoms with van der Waals surface area (Å²) < 4.78 is 10.4. The minimum Gasteiger partial charge on any atom is -0.468 e. The van der Waals surface area contributed by atoms with Gasteiger partial charge in [0.05, 0.1) is 19.4 Å². The SMILES string of the molecule is CCCNCc1occc1COC. The number of rotatable bonds is 6. The Morgan fingerprint density at radius 1 is 1.54 bits per heavy atom. The van der Waals surface area contributed by atoms with Gasteiger partial charge in [-0.25, -0.2) is 0 Å². The maximum Gasteiger partial charge on any atom is 0.123 e. The van der Waals surface area contributed by atoms with E-state index in [2.05, 4.69) is 12.2 Å². The van der Waals surface area contributed by atoms with Crippen LogP contribution in [-0.2, 0) is 17.9 Å². The van der Waals surface area contributed by atoms with Crippen LogP contribution in [0.3, 0.4) is 0 Å². The monoisotopic (exact) mass is 183 g/mol. The predicted octanol–water partition coefficient (Wildman–Crippen LogP) is 1.93. The number of furan rings is 1. The molecule has 1 aromatic heterocycles. The molecule has 3 nitrogen and oxygen atoms in total. The number of ether oxygens (including phenoxy) is 1. The van der Waals surface area contributed by atoms with Gasteiger partial charge in [0.25, 0.3) is 0 Å². The summed E-state index contributed by atoms with van der Waals surface area (Å²) in [5.41, 5.74) is 1.13. The molecule has 0 aromatic carbocycles. The molecule has 0 fully saturated rings. The van der Waals surface area contributed by atoms with Crippen molar-refractivity contribution in [1.82, 2.24) is 5.32 Å². The maximum absolute atomic E-state index is 5.32. The zero-order valence-corrected chi connectivity index (χ0v) is 8.30. The Morgan fingerprint density at radius 2 is 2.38 bits per heavy atom. The average molecular weight is 183 g/mol. The zero-order valence-electron chi connectivity index (χ0n) is 8.30. The van der Waals surface area contributed by atoms with Gasteiger partial charge in [-0.1, -0.05) is 6.92 Å². The van der Waals surface area contributed by atoms with Gasteiger partial charge in [0.15, 0.2) is 0 Å². The van der Waals surface area contributed by atoms with Crippen LogP contribution in [0.15, 0.2) is 16.7 Å². The molecule has 0 atom stereocenters. The highest BCUT2D eigenvalue weighted by Crippen LogP contribution is 2.10. The lowest BCUT2D eigenvalue weighted by Crippen LogP contribution is -2.14. The van der Waals surface area contributed by atoms with Gasteiger partial charge >= 0.3 is 0 Å². The first-order valence-electron chi connectivity index (χ1n) is 4.63. The van der Waals surface area contributed by atoms with E-state index < -0.39 is 0 Å². The lowest BCUT2D eigenvalue weighted by atomic mass is 10.2. The van der Waals surface area contributed by atoms with E-state index in [1.54, 1.807) is 13.4 Å². The molecular weight excluding hydrogens is 166 g/mol. The third-order valence-corrected chi connectivity index (χ3v) is 1.85. The Morgan fingerprint density at radius 3 is 3.08 bits per heavy atom. The lowest BCUT2D eigenvalue weighted by Gasteiger charge is -2.02. The van der Waals surface area contributed by atoms with Gasteiger partial charge in [-0.2, -0.15) is 0 Å². The standard InChI is InChI=1S/C10H17NO2/c1-3-5-11-7-10-9(8-12-2)4-6-13-10/h4,6,11H,3,5,7-8H2,1-2H3. The van der Waals surface area contributed by atoms with E-state index >= 15 is 0 Å². The van der Waals surface area contributed by atoms with Crippen LogP contribution in [-0.4, -0.2) is 13.7 Å². The number of nitrogens with one attached hydrogen (secondary N) is 1. The molecule has 1 aromatic rings. The van der Waals surface area contributed by atoms with Crippen LogP contribution < -0.4 is 5.32 Å². The first-order valence-corrected chi connectivity index (χ1v) is 4.63. The van der Waals surface area contributed by atoms with Crippen molar-refractivity contribution < 1.29 is 9.15 Å². The van der Waals surface area contributed by atoms with E-state index in [0.717, 1.165) is 30.8 Å². The van der Waals surface area contributed by atoms with E-state index in [4.69, 9.17) is 9.15 Å². The quantitative estimate of drug-likeness (QED) is 0.684. The fourth-order valence-electron chi connectivity index (χ4n) is 1.18. The van der Waals surface area contributed by atoms with E-state index in [-0.39, 0.29) is 0 Å². The van der Waals surface area contributed by atoms with Gasteiger partial charge in [-0.15, -0.1) is 0 Å². The second-order valence-electron chi connectivity index (χ2n) is 2.98. The number of hydrogen-bond donors (Lipinski definition) is 1. The highest BCUT2D eigenvalue weighted by molar-refractivity contribution is 5.15. The number of hydrogen-bond acceptors (Lipinski definition) is 3. The smallest absolute Gasteiger partial charge is 0.123 e. The third-order valence-electron chi connectivity index (χ3n) is 1.85. The second-order valence-corrected chi connectivity index (χ2v) is 2.98. The molecule has 3 heteroatoms. The summed E-state index contributed by atoms with van der Waals surface area (Å²) in [5, 5.41) is 3.29. The Bertz CT molecular complexity index is 233. The molecule has 1 N–H and O–H groups in total. The van der Waals surface area contributed by atoms with Gasteiger partial charge in [-0.05, 0) is 19.0 Å². The molecule has 0 radical (unpaired) electrons. The maximum atomic E-state index is 5.32. The first kappa shape index (κ1) is 10.3. The van der Waals surface area contributed by atoms with E-state index in [1.165, 1.54) is 0 Å². The van der Waals surface area contributed by atoms with Crippen molar-refractivity contribution in [3.8, 4) is 0 Å². The molecule has 0 aliphatic rings. The van der Waals surface area contributed by atoms with Crippen molar-refractivity contribution >= 4 is 0 Å². The van der Waals surface area contributed by atoms with Crippen LogP contribution in [0.5, 0.6) is 0 Å². The summed E-state index contributed by atoms with van der Waals surface area (Å²) in [5.74, 6) is 0.982. The van der Waals surface area contributed by atoms with Crippen LogP contribution in [0.2, 0.25) is 0 Å². The highest BCUT2D eigenvalue weighted by Gasteiger charge is 2.04. The summed E-state index contributed by atoms with van der Waals surface area (Å²) in [6.07, 6.45) is 2.84.